The maximum absolute atomic E-state index is 12.8. The summed E-state index contributed by atoms with van der Waals surface area (Å²) >= 11 is 2.22. The molecule has 4 aliphatic carbocycles. The van der Waals surface area contributed by atoms with Gasteiger partial charge < -0.3 is 9.84 Å². The van der Waals surface area contributed by atoms with Crippen LogP contribution in [0.3, 0.4) is 0 Å². The van der Waals surface area contributed by atoms with Gasteiger partial charge in [-0.3, -0.25) is 4.79 Å². The number of hydrogen-bond donors (Lipinski definition) is 1. The van der Waals surface area contributed by atoms with Crippen molar-refractivity contribution in [3.63, 3.8) is 0 Å². The highest BCUT2D eigenvalue weighted by Crippen LogP contribution is 2.67. The van der Waals surface area contributed by atoms with Crippen molar-refractivity contribution >= 4 is 34.3 Å². The summed E-state index contributed by atoms with van der Waals surface area (Å²) < 4.78 is 7.02. The highest BCUT2D eigenvalue weighted by Gasteiger charge is 2.66. The number of rotatable bonds is 3. The summed E-state index contributed by atoms with van der Waals surface area (Å²) in [6.45, 7) is 8.21. The molecule has 4 aliphatic rings. The van der Waals surface area contributed by atoms with Gasteiger partial charge in [-0.1, -0.05) is 38.5 Å². The molecule has 0 amide bonds. The monoisotopic (exact) mass is 576 g/mol. The second-order valence-corrected chi connectivity index (χ2v) is 13.2. The van der Waals surface area contributed by atoms with Crippen molar-refractivity contribution in [3.8, 4) is 0 Å². The lowest BCUT2D eigenvalue weighted by atomic mass is 9.48. The first-order chi connectivity index (χ1) is 16.0. The molecular formula is C29H37IO4. The molecular weight excluding hydrogens is 539 g/mol. The molecule has 0 unspecified atom stereocenters. The Morgan fingerprint density at radius 2 is 1.91 bits per heavy atom. The number of Topliss-reactive ketones (excluding diaryl/α,β-unsaturated/α-hetero) is 1. The van der Waals surface area contributed by atoms with Crippen molar-refractivity contribution in [3.05, 3.63) is 45.0 Å². The number of ketones is 1. The van der Waals surface area contributed by atoms with Crippen LogP contribution >= 0.6 is 22.6 Å². The molecule has 1 aromatic rings. The predicted molar refractivity (Wildman–Crippen MR) is 140 cm³/mol. The van der Waals surface area contributed by atoms with E-state index in [1.807, 2.05) is 24.3 Å². The molecule has 5 heteroatoms. The fourth-order valence-electron chi connectivity index (χ4n) is 8.52. The smallest absolute Gasteiger partial charge is 0.338 e. The van der Waals surface area contributed by atoms with Crippen LogP contribution in [0.25, 0.3) is 0 Å². The highest BCUT2D eigenvalue weighted by molar-refractivity contribution is 14.1. The third-order valence-corrected chi connectivity index (χ3v) is 11.1. The van der Waals surface area contributed by atoms with Gasteiger partial charge in [0.2, 0.25) is 0 Å². The maximum atomic E-state index is 12.8. The van der Waals surface area contributed by atoms with Crippen molar-refractivity contribution in [2.24, 2.45) is 34.5 Å². The van der Waals surface area contributed by atoms with E-state index in [1.54, 1.807) is 12.5 Å². The zero-order valence-electron chi connectivity index (χ0n) is 20.8. The van der Waals surface area contributed by atoms with E-state index in [0.717, 1.165) is 48.5 Å². The predicted octanol–water partition coefficient (Wildman–Crippen LogP) is 6.35. The molecule has 5 rings (SSSR count). The van der Waals surface area contributed by atoms with Gasteiger partial charge in [0.15, 0.2) is 5.78 Å². The summed E-state index contributed by atoms with van der Waals surface area (Å²) in [6.07, 6.45) is 9.14. The topological polar surface area (TPSA) is 63.6 Å². The lowest BCUT2D eigenvalue weighted by molar-refractivity contribution is -0.156. The van der Waals surface area contributed by atoms with Gasteiger partial charge >= 0.3 is 5.97 Å². The zero-order chi connectivity index (χ0) is 24.5. The molecule has 0 saturated heterocycles. The summed E-state index contributed by atoms with van der Waals surface area (Å²) in [7, 11) is 0. The van der Waals surface area contributed by atoms with Gasteiger partial charge in [-0.15, -0.1) is 0 Å². The Bertz CT molecular complexity index is 1050. The Balaban J connectivity index is 1.35. The van der Waals surface area contributed by atoms with Crippen LogP contribution in [-0.2, 0) is 9.53 Å². The second-order valence-electron chi connectivity index (χ2n) is 12.0. The molecule has 0 aromatic heterocycles. The molecule has 0 bridgehead atoms. The minimum absolute atomic E-state index is 0.00512. The third kappa shape index (κ3) is 3.47. The fourth-order valence-corrected chi connectivity index (χ4v) is 9.07. The lowest BCUT2D eigenvalue weighted by Gasteiger charge is -2.57. The molecule has 0 heterocycles. The SMILES string of the molecule is CC(=O)[C@@]1(O)[C@H](C)C[C@@H]2[C@H]3CC[C@H]4C[C@H](OC(=O)c5cccc(I)c5)CC[C@]4(C)C3=CC[C@@]21C. The largest absolute Gasteiger partial charge is 0.459 e. The number of allylic oxidation sites excluding steroid dienone is 2. The molecule has 0 aliphatic heterocycles. The van der Waals surface area contributed by atoms with Crippen LogP contribution in [0, 0.1) is 38.1 Å². The Kier molecular flexibility index (Phi) is 6.07. The molecule has 8 atom stereocenters. The molecule has 184 valence electrons. The summed E-state index contributed by atoms with van der Waals surface area (Å²) in [6, 6.07) is 7.60. The molecule has 1 aromatic carbocycles. The minimum Gasteiger partial charge on any atom is -0.459 e. The van der Waals surface area contributed by atoms with Crippen molar-refractivity contribution in [1.82, 2.24) is 0 Å². The average Bonchev–Trinajstić information content (AvgIpc) is 3.01. The Morgan fingerprint density at radius 1 is 1.15 bits per heavy atom. The van der Waals surface area contributed by atoms with E-state index < -0.39 is 5.60 Å². The van der Waals surface area contributed by atoms with Crippen LogP contribution < -0.4 is 0 Å². The number of aliphatic hydroxyl groups is 1. The summed E-state index contributed by atoms with van der Waals surface area (Å²) in [5, 5.41) is 11.6. The quantitative estimate of drug-likeness (QED) is 0.259. The number of ether oxygens (including phenoxy) is 1. The zero-order valence-corrected chi connectivity index (χ0v) is 22.9. The number of carbonyl (C=O) groups is 2. The number of halogens is 1. The molecule has 4 nitrogen and oxygen atoms in total. The Morgan fingerprint density at radius 3 is 2.62 bits per heavy atom. The van der Waals surface area contributed by atoms with Crippen LogP contribution in [0.4, 0.5) is 0 Å². The van der Waals surface area contributed by atoms with Crippen LogP contribution in [-0.4, -0.2) is 28.6 Å². The first-order valence-corrected chi connectivity index (χ1v) is 14.0. The van der Waals surface area contributed by atoms with Crippen molar-refractivity contribution in [2.45, 2.75) is 84.3 Å². The Hall–Kier alpha value is -1.21. The van der Waals surface area contributed by atoms with Crippen molar-refractivity contribution in [2.75, 3.05) is 0 Å². The van der Waals surface area contributed by atoms with E-state index in [1.165, 1.54) is 0 Å². The lowest BCUT2D eigenvalue weighted by Crippen LogP contribution is -2.56. The third-order valence-electron chi connectivity index (χ3n) is 10.4. The number of esters is 1. The standard InChI is InChI=1S/C29H37IO4/c1-17-14-25-23-9-8-20-16-22(34-26(32)19-6-5-7-21(30)15-19)10-12-27(20,3)24(23)11-13-28(25,4)29(17,33)18(2)31/h5-7,11,15,17,20,22-23,25,33H,8-10,12-14,16H2,1-4H3/t17-,20+,22-,23+,25-,27+,28+,29+/m1/s1. The van der Waals surface area contributed by atoms with Crippen molar-refractivity contribution < 1.29 is 19.4 Å². The Labute approximate surface area is 217 Å². The first kappa shape index (κ1) is 24.5. The van der Waals surface area contributed by atoms with Gasteiger partial charge in [-0.2, -0.15) is 0 Å². The van der Waals surface area contributed by atoms with E-state index in [2.05, 4.69) is 49.4 Å². The van der Waals surface area contributed by atoms with E-state index >= 15 is 0 Å². The van der Waals surface area contributed by atoms with Gasteiger partial charge in [-0.25, -0.2) is 4.79 Å². The molecule has 1 N–H and O–H groups in total. The van der Waals surface area contributed by atoms with Crippen LogP contribution in [0.5, 0.6) is 0 Å². The van der Waals surface area contributed by atoms with E-state index in [0.29, 0.717) is 23.3 Å². The first-order valence-electron chi connectivity index (χ1n) is 12.9. The number of carbonyl (C=O) groups excluding carboxylic acids is 2. The van der Waals surface area contributed by atoms with E-state index in [-0.39, 0.29) is 34.6 Å². The maximum Gasteiger partial charge on any atom is 0.338 e. The average molecular weight is 577 g/mol. The molecule has 0 spiro atoms. The summed E-state index contributed by atoms with van der Waals surface area (Å²) in [5.41, 5.74) is 0.712. The molecule has 3 saturated carbocycles. The molecule has 34 heavy (non-hydrogen) atoms. The van der Waals surface area contributed by atoms with Crippen LogP contribution in [0.2, 0.25) is 0 Å². The van der Waals surface area contributed by atoms with E-state index in [9.17, 15) is 14.7 Å². The fraction of sp³-hybridized carbons (Fsp3) is 0.655. The summed E-state index contributed by atoms with van der Waals surface area (Å²) in [5.74, 6) is 1.02. The van der Waals surface area contributed by atoms with Crippen LogP contribution in [0.15, 0.2) is 35.9 Å². The minimum atomic E-state index is -1.22. The van der Waals surface area contributed by atoms with E-state index in [4.69, 9.17) is 4.74 Å². The van der Waals surface area contributed by atoms with Gasteiger partial charge in [0.1, 0.15) is 11.7 Å². The van der Waals surface area contributed by atoms with Gasteiger partial charge in [-0.05, 0) is 122 Å². The van der Waals surface area contributed by atoms with Gasteiger partial charge in [0, 0.05) is 8.99 Å². The number of benzene rings is 1. The highest BCUT2D eigenvalue weighted by atomic mass is 127. The molecule has 3 fully saturated rings. The molecule has 0 radical (unpaired) electrons. The van der Waals surface area contributed by atoms with Gasteiger partial charge in [0.05, 0.1) is 5.56 Å². The van der Waals surface area contributed by atoms with Crippen LogP contribution in [0.1, 0.15) is 83.0 Å². The second kappa shape index (κ2) is 8.43. The van der Waals surface area contributed by atoms with Crippen molar-refractivity contribution in [1.29, 1.82) is 0 Å². The number of fused-ring (bicyclic) bond motifs is 5. The van der Waals surface area contributed by atoms with Gasteiger partial charge in [0.25, 0.3) is 0 Å². The number of hydrogen-bond acceptors (Lipinski definition) is 4. The normalized spacial score (nSPS) is 43.2. The summed E-state index contributed by atoms with van der Waals surface area (Å²) in [4.78, 5) is 25.4.